The van der Waals surface area contributed by atoms with Crippen LogP contribution in [0.3, 0.4) is 0 Å². The van der Waals surface area contributed by atoms with E-state index in [1.165, 1.54) is 25.7 Å². The van der Waals surface area contributed by atoms with Gasteiger partial charge in [-0.05, 0) is 32.1 Å². The molecule has 2 unspecified atom stereocenters. The molecule has 0 aromatic heterocycles. The standard InChI is InChI=1S/C15H28N2O2/c1-19-14-9-8-13(10-14)16-11-15(18)17-12-6-4-2-3-5-7-12/h12-14,16H,2-11H2,1H3,(H,17,18). The van der Waals surface area contributed by atoms with Crippen LogP contribution in [0.4, 0.5) is 0 Å². The van der Waals surface area contributed by atoms with E-state index in [0.29, 0.717) is 24.7 Å². The van der Waals surface area contributed by atoms with Gasteiger partial charge in [-0.2, -0.15) is 0 Å². The van der Waals surface area contributed by atoms with Crippen LogP contribution in [0.15, 0.2) is 0 Å². The first-order valence-corrected chi connectivity index (χ1v) is 7.83. The van der Waals surface area contributed by atoms with E-state index in [2.05, 4.69) is 10.6 Å². The molecule has 0 aliphatic heterocycles. The SMILES string of the molecule is COC1CCC(NCC(=O)NC2CCCCCC2)C1. The molecule has 0 saturated heterocycles. The van der Waals surface area contributed by atoms with Crippen molar-refractivity contribution in [2.75, 3.05) is 13.7 Å². The van der Waals surface area contributed by atoms with E-state index in [-0.39, 0.29) is 5.91 Å². The zero-order valence-electron chi connectivity index (χ0n) is 12.1. The van der Waals surface area contributed by atoms with Gasteiger partial charge in [0, 0.05) is 19.2 Å². The van der Waals surface area contributed by atoms with Crippen molar-refractivity contribution in [2.24, 2.45) is 0 Å². The summed E-state index contributed by atoms with van der Waals surface area (Å²) in [7, 11) is 1.77. The van der Waals surface area contributed by atoms with Gasteiger partial charge in [-0.15, -0.1) is 0 Å². The lowest BCUT2D eigenvalue weighted by atomic mass is 10.1. The second-order valence-corrected chi connectivity index (χ2v) is 6.00. The molecule has 2 atom stereocenters. The first-order valence-electron chi connectivity index (χ1n) is 7.83. The molecule has 0 spiro atoms. The fraction of sp³-hybridized carbons (Fsp3) is 0.933. The van der Waals surface area contributed by atoms with Crippen LogP contribution in [0.2, 0.25) is 0 Å². The van der Waals surface area contributed by atoms with Crippen molar-refractivity contribution in [2.45, 2.75) is 76.0 Å². The summed E-state index contributed by atoms with van der Waals surface area (Å²) in [6, 6.07) is 0.858. The minimum absolute atomic E-state index is 0.160. The highest BCUT2D eigenvalue weighted by atomic mass is 16.5. The summed E-state index contributed by atoms with van der Waals surface area (Å²) >= 11 is 0. The number of hydrogen-bond donors (Lipinski definition) is 2. The monoisotopic (exact) mass is 268 g/mol. The summed E-state index contributed by atoms with van der Waals surface area (Å²) in [5.74, 6) is 0.160. The number of amides is 1. The van der Waals surface area contributed by atoms with Crippen LogP contribution in [0.25, 0.3) is 0 Å². The van der Waals surface area contributed by atoms with E-state index < -0.39 is 0 Å². The number of nitrogens with one attached hydrogen (secondary N) is 2. The molecule has 2 aliphatic rings. The van der Waals surface area contributed by atoms with E-state index in [9.17, 15) is 4.79 Å². The molecule has 2 fully saturated rings. The average Bonchev–Trinajstić information content (AvgIpc) is 2.73. The Hall–Kier alpha value is -0.610. The Labute approximate surface area is 116 Å². The van der Waals surface area contributed by atoms with Crippen molar-refractivity contribution >= 4 is 5.91 Å². The molecule has 110 valence electrons. The molecule has 0 radical (unpaired) electrons. The maximum absolute atomic E-state index is 11.9. The van der Waals surface area contributed by atoms with Crippen molar-refractivity contribution in [3.05, 3.63) is 0 Å². The van der Waals surface area contributed by atoms with Gasteiger partial charge in [0.05, 0.1) is 12.6 Å². The Morgan fingerprint density at radius 2 is 1.79 bits per heavy atom. The third-order valence-electron chi connectivity index (χ3n) is 4.49. The molecule has 0 bridgehead atoms. The number of carbonyl (C=O) groups is 1. The van der Waals surface area contributed by atoms with E-state index >= 15 is 0 Å². The largest absolute Gasteiger partial charge is 0.381 e. The lowest BCUT2D eigenvalue weighted by Gasteiger charge is -2.18. The van der Waals surface area contributed by atoms with E-state index in [1.54, 1.807) is 7.11 Å². The third kappa shape index (κ3) is 5.11. The molecular weight excluding hydrogens is 240 g/mol. The van der Waals surface area contributed by atoms with Gasteiger partial charge in [0.25, 0.3) is 0 Å². The van der Waals surface area contributed by atoms with Gasteiger partial charge >= 0.3 is 0 Å². The summed E-state index contributed by atoms with van der Waals surface area (Å²) in [6.45, 7) is 0.456. The van der Waals surface area contributed by atoms with Crippen LogP contribution >= 0.6 is 0 Å². The molecule has 19 heavy (non-hydrogen) atoms. The van der Waals surface area contributed by atoms with E-state index in [0.717, 1.165) is 32.1 Å². The topological polar surface area (TPSA) is 50.4 Å². The number of carbonyl (C=O) groups excluding carboxylic acids is 1. The molecular formula is C15H28N2O2. The minimum Gasteiger partial charge on any atom is -0.381 e. The zero-order chi connectivity index (χ0) is 13.5. The third-order valence-corrected chi connectivity index (χ3v) is 4.49. The molecule has 4 nitrogen and oxygen atoms in total. The summed E-state index contributed by atoms with van der Waals surface area (Å²) in [4.78, 5) is 11.9. The fourth-order valence-corrected chi connectivity index (χ4v) is 3.28. The van der Waals surface area contributed by atoms with Gasteiger partial charge < -0.3 is 15.4 Å². The van der Waals surface area contributed by atoms with Crippen LogP contribution in [-0.2, 0) is 9.53 Å². The van der Waals surface area contributed by atoms with Gasteiger partial charge in [0.1, 0.15) is 0 Å². The van der Waals surface area contributed by atoms with Crippen LogP contribution in [0, 0.1) is 0 Å². The fourth-order valence-electron chi connectivity index (χ4n) is 3.28. The normalized spacial score (nSPS) is 29.1. The van der Waals surface area contributed by atoms with Crippen molar-refractivity contribution in [3.8, 4) is 0 Å². The van der Waals surface area contributed by atoms with Crippen LogP contribution in [-0.4, -0.2) is 37.7 Å². The Balaban J connectivity index is 1.61. The van der Waals surface area contributed by atoms with Crippen LogP contribution in [0.5, 0.6) is 0 Å². The maximum atomic E-state index is 11.9. The summed E-state index contributed by atoms with van der Waals surface area (Å²) in [5.41, 5.74) is 0. The number of rotatable bonds is 5. The highest BCUT2D eigenvalue weighted by molar-refractivity contribution is 5.78. The molecule has 2 N–H and O–H groups in total. The van der Waals surface area contributed by atoms with Gasteiger partial charge in [-0.1, -0.05) is 25.7 Å². The molecule has 1 amide bonds. The van der Waals surface area contributed by atoms with Gasteiger partial charge in [0.2, 0.25) is 5.91 Å². The van der Waals surface area contributed by atoms with Crippen molar-refractivity contribution in [3.63, 3.8) is 0 Å². The number of ether oxygens (including phenoxy) is 1. The van der Waals surface area contributed by atoms with Crippen LogP contribution in [0.1, 0.15) is 57.8 Å². The van der Waals surface area contributed by atoms with Gasteiger partial charge in [-0.25, -0.2) is 0 Å². The average molecular weight is 268 g/mol. The lowest BCUT2D eigenvalue weighted by molar-refractivity contribution is -0.121. The highest BCUT2D eigenvalue weighted by Gasteiger charge is 2.24. The Morgan fingerprint density at radius 3 is 2.42 bits per heavy atom. The molecule has 0 heterocycles. The predicted molar refractivity (Wildman–Crippen MR) is 76.1 cm³/mol. The number of hydrogen-bond acceptors (Lipinski definition) is 3. The second kappa shape index (κ2) is 7.85. The summed E-state index contributed by atoms with van der Waals surface area (Å²) in [5, 5.41) is 6.53. The number of methoxy groups -OCH3 is 1. The Morgan fingerprint density at radius 1 is 1.05 bits per heavy atom. The molecule has 4 heteroatoms. The van der Waals surface area contributed by atoms with Crippen molar-refractivity contribution in [1.29, 1.82) is 0 Å². The van der Waals surface area contributed by atoms with Crippen LogP contribution < -0.4 is 10.6 Å². The Bertz CT molecular complexity index is 275. The van der Waals surface area contributed by atoms with Crippen molar-refractivity contribution in [1.82, 2.24) is 10.6 Å². The smallest absolute Gasteiger partial charge is 0.234 e. The molecule has 2 saturated carbocycles. The summed E-state index contributed by atoms with van der Waals surface area (Å²) in [6.07, 6.45) is 11.1. The minimum atomic E-state index is 0.160. The molecule has 0 aromatic rings. The van der Waals surface area contributed by atoms with E-state index in [1.807, 2.05) is 0 Å². The first-order chi connectivity index (χ1) is 9.28. The second-order valence-electron chi connectivity index (χ2n) is 6.00. The predicted octanol–water partition coefficient (Wildman–Crippen LogP) is 1.98. The zero-order valence-corrected chi connectivity index (χ0v) is 12.1. The Kier molecular flexibility index (Phi) is 6.11. The quantitative estimate of drug-likeness (QED) is 0.750. The van der Waals surface area contributed by atoms with E-state index in [4.69, 9.17) is 4.74 Å². The lowest BCUT2D eigenvalue weighted by Crippen LogP contribution is -2.42. The molecule has 0 aromatic carbocycles. The molecule has 2 rings (SSSR count). The highest BCUT2D eigenvalue weighted by Crippen LogP contribution is 2.21. The van der Waals surface area contributed by atoms with Gasteiger partial charge in [0.15, 0.2) is 0 Å². The molecule has 2 aliphatic carbocycles. The van der Waals surface area contributed by atoms with Crippen molar-refractivity contribution < 1.29 is 9.53 Å². The maximum Gasteiger partial charge on any atom is 0.234 e. The summed E-state index contributed by atoms with van der Waals surface area (Å²) < 4.78 is 5.34. The first kappa shape index (κ1) is 14.8. The van der Waals surface area contributed by atoms with Gasteiger partial charge in [-0.3, -0.25) is 4.79 Å².